The van der Waals surface area contributed by atoms with Crippen LogP contribution in [-0.2, 0) is 6.54 Å². The Morgan fingerprint density at radius 1 is 1.20 bits per heavy atom. The zero-order chi connectivity index (χ0) is 13.9. The number of nitrogens with zero attached hydrogens (tertiary/aromatic N) is 3. The maximum absolute atomic E-state index is 9.50. The Hall–Kier alpha value is -2.40. The van der Waals surface area contributed by atoms with Gasteiger partial charge in [-0.1, -0.05) is 18.2 Å². The zero-order valence-corrected chi connectivity index (χ0v) is 11.2. The molecule has 2 heterocycles. The van der Waals surface area contributed by atoms with Crippen molar-refractivity contribution in [3.8, 4) is 5.75 Å². The molecule has 1 unspecified atom stereocenters. The van der Waals surface area contributed by atoms with Crippen molar-refractivity contribution in [3.63, 3.8) is 0 Å². The zero-order valence-electron chi connectivity index (χ0n) is 11.2. The number of rotatable bonds is 4. The summed E-state index contributed by atoms with van der Waals surface area (Å²) in [6.07, 6.45) is 1.95. The molecule has 102 valence electrons. The van der Waals surface area contributed by atoms with E-state index in [-0.39, 0.29) is 11.8 Å². The van der Waals surface area contributed by atoms with Gasteiger partial charge in [0.2, 0.25) is 0 Å². The first-order valence-corrected chi connectivity index (χ1v) is 6.55. The Kier molecular flexibility index (Phi) is 3.35. The lowest BCUT2D eigenvalue weighted by Crippen LogP contribution is -2.19. The predicted molar refractivity (Wildman–Crippen MR) is 76.3 cm³/mol. The molecule has 0 aliphatic carbocycles. The van der Waals surface area contributed by atoms with E-state index >= 15 is 0 Å². The van der Waals surface area contributed by atoms with E-state index in [2.05, 4.69) is 22.4 Å². The monoisotopic (exact) mass is 268 g/mol. The van der Waals surface area contributed by atoms with Gasteiger partial charge in [0, 0.05) is 12.2 Å². The number of fused-ring (bicyclic) bond motifs is 1. The summed E-state index contributed by atoms with van der Waals surface area (Å²) < 4.78 is 1.96. The number of hydrogen-bond donors (Lipinski definition) is 2. The van der Waals surface area contributed by atoms with Crippen molar-refractivity contribution in [2.45, 2.75) is 19.5 Å². The van der Waals surface area contributed by atoms with Gasteiger partial charge in [-0.25, -0.2) is 0 Å². The average Bonchev–Trinajstić information content (AvgIpc) is 2.88. The molecule has 0 spiro atoms. The van der Waals surface area contributed by atoms with Gasteiger partial charge in [0.25, 0.3) is 0 Å². The minimum atomic E-state index is 0.123. The fraction of sp³-hybridized carbons (Fsp3) is 0.200. The second kappa shape index (κ2) is 5.30. The Balaban J connectivity index is 1.73. The number of hydrogen-bond acceptors (Lipinski definition) is 4. The SMILES string of the molecule is CC(NCc1nnc2ccccn12)c1cccc(O)c1. The number of aromatic hydroxyl groups is 1. The molecule has 2 N–H and O–H groups in total. The fourth-order valence-corrected chi connectivity index (χ4v) is 2.17. The van der Waals surface area contributed by atoms with Crippen molar-refractivity contribution in [1.82, 2.24) is 19.9 Å². The van der Waals surface area contributed by atoms with E-state index in [1.54, 1.807) is 12.1 Å². The molecule has 5 nitrogen and oxygen atoms in total. The summed E-state index contributed by atoms with van der Waals surface area (Å²) in [4.78, 5) is 0. The van der Waals surface area contributed by atoms with Crippen molar-refractivity contribution in [1.29, 1.82) is 0 Å². The molecule has 0 fully saturated rings. The van der Waals surface area contributed by atoms with Crippen LogP contribution in [-0.4, -0.2) is 19.7 Å². The van der Waals surface area contributed by atoms with E-state index in [9.17, 15) is 5.11 Å². The second-order valence-corrected chi connectivity index (χ2v) is 4.74. The van der Waals surface area contributed by atoms with Gasteiger partial charge in [0.15, 0.2) is 11.5 Å². The number of aromatic nitrogens is 3. The molecule has 5 heteroatoms. The number of phenols is 1. The van der Waals surface area contributed by atoms with Gasteiger partial charge < -0.3 is 10.4 Å². The van der Waals surface area contributed by atoms with Crippen LogP contribution < -0.4 is 5.32 Å². The molecule has 20 heavy (non-hydrogen) atoms. The highest BCUT2D eigenvalue weighted by Crippen LogP contribution is 2.18. The molecular formula is C15H16N4O. The van der Waals surface area contributed by atoms with Gasteiger partial charge in [0.05, 0.1) is 6.54 Å². The topological polar surface area (TPSA) is 62.5 Å². The van der Waals surface area contributed by atoms with E-state index < -0.39 is 0 Å². The predicted octanol–water partition coefficient (Wildman–Crippen LogP) is 2.29. The summed E-state index contributed by atoms with van der Waals surface area (Å²) in [6.45, 7) is 2.67. The third-order valence-corrected chi connectivity index (χ3v) is 3.32. The van der Waals surface area contributed by atoms with Crippen LogP contribution >= 0.6 is 0 Å². The molecule has 0 aliphatic heterocycles. The van der Waals surface area contributed by atoms with Crippen LogP contribution in [0.5, 0.6) is 5.75 Å². The largest absolute Gasteiger partial charge is 0.508 e. The Morgan fingerprint density at radius 3 is 2.95 bits per heavy atom. The summed E-state index contributed by atoms with van der Waals surface area (Å²) in [6, 6.07) is 13.2. The highest BCUT2D eigenvalue weighted by atomic mass is 16.3. The van der Waals surface area contributed by atoms with Crippen LogP contribution in [0.2, 0.25) is 0 Å². The quantitative estimate of drug-likeness (QED) is 0.762. The second-order valence-electron chi connectivity index (χ2n) is 4.74. The van der Waals surface area contributed by atoms with E-state index in [1.807, 2.05) is 40.9 Å². The normalized spacial score (nSPS) is 12.7. The van der Waals surface area contributed by atoms with Gasteiger partial charge in [0.1, 0.15) is 5.75 Å². The molecule has 2 aromatic heterocycles. The van der Waals surface area contributed by atoms with Gasteiger partial charge in [-0.15, -0.1) is 10.2 Å². The van der Waals surface area contributed by atoms with Crippen molar-refractivity contribution in [2.75, 3.05) is 0 Å². The molecule has 0 radical (unpaired) electrons. The van der Waals surface area contributed by atoms with Crippen molar-refractivity contribution in [2.24, 2.45) is 0 Å². The molecular weight excluding hydrogens is 252 g/mol. The first-order valence-electron chi connectivity index (χ1n) is 6.55. The Bertz CT molecular complexity index is 722. The Morgan fingerprint density at radius 2 is 2.10 bits per heavy atom. The van der Waals surface area contributed by atoms with E-state index in [1.165, 1.54) is 0 Å². The standard InChI is InChI=1S/C15H16N4O/c1-11(12-5-4-6-13(20)9-12)16-10-15-18-17-14-7-2-3-8-19(14)15/h2-9,11,16,20H,10H2,1H3. The van der Waals surface area contributed by atoms with Crippen LogP contribution in [0, 0.1) is 0 Å². The molecule has 0 amide bonds. The van der Waals surface area contributed by atoms with E-state index in [0.717, 1.165) is 17.0 Å². The first-order chi connectivity index (χ1) is 9.74. The molecule has 0 aliphatic rings. The number of nitrogens with one attached hydrogen (secondary N) is 1. The molecule has 1 atom stereocenters. The van der Waals surface area contributed by atoms with Crippen LogP contribution in [0.1, 0.15) is 24.4 Å². The molecule has 0 saturated heterocycles. The summed E-state index contributed by atoms with van der Waals surface area (Å²) in [5.74, 6) is 1.15. The maximum Gasteiger partial charge on any atom is 0.160 e. The van der Waals surface area contributed by atoms with Crippen molar-refractivity contribution >= 4 is 5.65 Å². The van der Waals surface area contributed by atoms with Crippen LogP contribution in [0.3, 0.4) is 0 Å². The van der Waals surface area contributed by atoms with Gasteiger partial charge in [-0.3, -0.25) is 4.40 Å². The summed E-state index contributed by atoms with van der Waals surface area (Å²) in [5.41, 5.74) is 1.88. The number of pyridine rings is 1. The molecule has 3 rings (SSSR count). The van der Waals surface area contributed by atoms with E-state index in [0.29, 0.717) is 6.54 Å². The average molecular weight is 268 g/mol. The maximum atomic E-state index is 9.50. The summed E-state index contributed by atoms with van der Waals surface area (Å²) >= 11 is 0. The molecule has 0 saturated carbocycles. The van der Waals surface area contributed by atoms with Crippen molar-refractivity contribution in [3.05, 3.63) is 60.0 Å². The third kappa shape index (κ3) is 2.48. The van der Waals surface area contributed by atoms with Crippen LogP contribution in [0.15, 0.2) is 48.7 Å². The highest BCUT2D eigenvalue weighted by Gasteiger charge is 2.08. The Labute approximate surface area is 116 Å². The van der Waals surface area contributed by atoms with E-state index in [4.69, 9.17) is 0 Å². The number of phenolic OH excluding ortho intramolecular Hbond substituents is 1. The minimum Gasteiger partial charge on any atom is -0.508 e. The molecule has 3 aromatic rings. The first kappa shape index (κ1) is 12.6. The molecule has 1 aromatic carbocycles. The lowest BCUT2D eigenvalue weighted by molar-refractivity contribution is 0.471. The molecule has 0 bridgehead atoms. The minimum absolute atomic E-state index is 0.123. The number of benzene rings is 1. The van der Waals surface area contributed by atoms with Crippen LogP contribution in [0.25, 0.3) is 5.65 Å². The lowest BCUT2D eigenvalue weighted by atomic mass is 10.1. The smallest absolute Gasteiger partial charge is 0.160 e. The lowest BCUT2D eigenvalue weighted by Gasteiger charge is -2.13. The highest BCUT2D eigenvalue weighted by molar-refractivity contribution is 5.37. The summed E-state index contributed by atoms with van der Waals surface area (Å²) in [5, 5.41) is 21.2. The van der Waals surface area contributed by atoms with Gasteiger partial charge >= 0.3 is 0 Å². The fourth-order valence-electron chi connectivity index (χ4n) is 2.17. The van der Waals surface area contributed by atoms with Gasteiger partial charge in [-0.05, 0) is 36.8 Å². The van der Waals surface area contributed by atoms with Gasteiger partial charge in [-0.2, -0.15) is 0 Å². The summed E-state index contributed by atoms with van der Waals surface area (Å²) in [7, 11) is 0. The van der Waals surface area contributed by atoms with Crippen LogP contribution in [0.4, 0.5) is 0 Å². The third-order valence-electron chi connectivity index (χ3n) is 3.32. The van der Waals surface area contributed by atoms with Crippen molar-refractivity contribution < 1.29 is 5.11 Å².